The highest BCUT2D eigenvalue weighted by Gasteiger charge is 2.35. The number of fused-ring (bicyclic) bond motifs is 1. The Bertz CT molecular complexity index is 641. The van der Waals surface area contributed by atoms with Gasteiger partial charge in [-0.15, -0.1) is 0 Å². The number of aliphatic imine (C=N–C) groups is 1. The number of benzene rings is 1. The van der Waals surface area contributed by atoms with Gasteiger partial charge in [0.25, 0.3) is 0 Å². The SMILES string of the molecule is COc1cc2c(cc1OC)N=CN(C1CC(=O)NC1=O)C2. The minimum atomic E-state index is -0.498. The van der Waals surface area contributed by atoms with Crippen molar-refractivity contribution in [2.24, 2.45) is 4.99 Å². The van der Waals surface area contributed by atoms with E-state index in [2.05, 4.69) is 10.3 Å². The Morgan fingerprint density at radius 1 is 1.24 bits per heavy atom. The molecule has 1 atom stereocenters. The Hall–Kier alpha value is -2.57. The van der Waals surface area contributed by atoms with E-state index in [-0.39, 0.29) is 18.2 Å². The predicted octanol–water partition coefficient (Wildman–Crippen LogP) is 0.594. The molecule has 7 nitrogen and oxygen atoms in total. The third-order valence-electron chi connectivity index (χ3n) is 3.63. The number of carbonyl (C=O) groups excluding carboxylic acids is 2. The Labute approximate surface area is 121 Å². The second-order valence-corrected chi connectivity index (χ2v) is 4.89. The lowest BCUT2D eigenvalue weighted by molar-refractivity contribution is -0.125. The number of nitrogens with one attached hydrogen (secondary N) is 1. The van der Waals surface area contributed by atoms with Crippen LogP contribution in [-0.4, -0.2) is 43.3 Å². The second kappa shape index (κ2) is 5.08. The lowest BCUT2D eigenvalue weighted by Crippen LogP contribution is -2.40. The molecule has 2 aliphatic rings. The van der Waals surface area contributed by atoms with Crippen LogP contribution in [0.15, 0.2) is 17.1 Å². The summed E-state index contributed by atoms with van der Waals surface area (Å²) in [5.74, 6) is 0.683. The molecule has 2 heterocycles. The predicted molar refractivity (Wildman–Crippen MR) is 74.8 cm³/mol. The van der Waals surface area contributed by atoms with Crippen molar-refractivity contribution in [2.45, 2.75) is 19.0 Å². The smallest absolute Gasteiger partial charge is 0.249 e. The summed E-state index contributed by atoms with van der Waals surface area (Å²) in [7, 11) is 3.13. The molecule has 1 aromatic carbocycles. The number of nitrogens with zero attached hydrogens (tertiary/aromatic N) is 2. The summed E-state index contributed by atoms with van der Waals surface area (Å²) in [6, 6.07) is 3.14. The van der Waals surface area contributed by atoms with E-state index in [9.17, 15) is 9.59 Å². The summed E-state index contributed by atoms with van der Waals surface area (Å²) >= 11 is 0. The fourth-order valence-electron chi connectivity index (χ4n) is 2.53. The first-order valence-electron chi connectivity index (χ1n) is 6.51. The highest BCUT2D eigenvalue weighted by molar-refractivity contribution is 6.06. The molecule has 2 aliphatic heterocycles. The number of carbonyl (C=O) groups is 2. The largest absolute Gasteiger partial charge is 0.493 e. The van der Waals surface area contributed by atoms with Gasteiger partial charge in [0, 0.05) is 18.2 Å². The molecule has 1 saturated heterocycles. The van der Waals surface area contributed by atoms with Crippen LogP contribution in [0.4, 0.5) is 5.69 Å². The zero-order valence-corrected chi connectivity index (χ0v) is 11.8. The molecule has 0 aliphatic carbocycles. The van der Waals surface area contributed by atoms with Crippen LogP contribution in [0.1, 0.15) is 12.0 Å². The second-order valence-electron chi connectivity index (χ2n) is 4.89. The first-order chi connectivity index (χ1) is 10.1. The van der Waals surface area contributed by atoms with Gasteiger partial charge in [-0.1, -0.05) is 0 Å². The van der Waals surface area contributed by atoms with E-state index in [0.29, 0.717) is 18.0 Å². The van der Waals surface area contributed by atoms with Crippen LogP contribution in [0, 0.1) is 0 Å². The van der Waals surface area contributed by atoms with Crippen LogP contribution < -0.4 is 14.8 Å². The third-order valence-corrected chi connectivity index (χ3v) is 3.63. The minimum Gasteiger partial charge on any atom is -0.493 e. The zero-order chi connectivity index (χ0) is 15.0. The molecule has 1 aromatic rings. The number of hydrogen-bond acceptors (Lipinski definition) is 6. The van der Waals surface area contributed by atoms with Crippen molar-refractivity contribution in [1.29, 1.82) is 0 Å². The number of amides is 2. The normalized spacial score (nSPS) is 20.3. The lowest BCUT2D eigenvalue weighted by atomic mass is 10.1. The van der Waals surface area contributed by atoms with Gasteiger partial charge in [-0.3, -0.25) is 14.9 Å². The van der Waals surface area contributed by atoms with Crippen LogP contribution in [0.5, 0.6) is 11.5 Å². The van der Waals surface area contributed by atoms with E-state index < -0.39 is 6.04 Å². The average Bonchev–Trinajstić information content (AvgIpc) is 2.83. The maximum Gasteiger partial charge on any atom is 0.249 e. The Morgan fingerprint density at radius 2 is 1.95 bits per heavy atom. The van der Waals surface area contributed by atoms with Crippen molar-refractivity contribution < 1.29 is 19.1 Å². The van der Waals surface area contributed by atoms with E-state index in [0.717, 1.165) is 11.3 Å². The summed E-state index contributed by atoms with van der Waals surface area (Å²) in [5.41, 5.74) is 1.69. The molecule has 1 N–H and O–H groups in total. The molecule has 21 heavy (non-hydrogen) atoms. The Kier molecular flexibility index (Phi) is 3.25. The van der Waals surface area contributed by atoms with Gasteiger partial charge in [0.2, 0.25) is 11.8 Å². The van der Waals surface area contributed by atoms with Crippen LogP contribution >= 0.6 is 0 Å². The highest BCUT2D eigenvalue weighted by Crippen LogP contribution is 2.37. The number of methoxy groups -OCH3 is 2. The first-order valence-corrected chi connectivity index (χ1v) is 6.51. The fraction of sp³-hybridized carbons (Fsp3) is 0.357. The molecule has 2 amide bonds. The molecule has 1 unspecified atom stereocenters. The van der Waals surface area contributed by atoms with Gasteiger partial charge in [-0.25, -0.2) is 4.99 Å². The Morgan fingerprint density at radius 3 is 2.57 bits per heavy atom. The summed E-state index contributed by atoms with van der Waals surface area (Å²) in [4.78, 5) is 29.1. The maximum absolute atomic E-state index is 11.7. The minimum absolute atomic E-state index is 0.160. The molecular formula is C14H15N3O4. The van der Waals surface area contributed by atoms with Crippen LogP contribution in [0.3, 0.4) is 0 Å². The molecule has 0 radical (unpaired) electrons. The van der Waals surface area contributed by atoms with Gasteiger partial charge in [0.1, 0.15) is 6.04 Å². The van der Waals surface area contributed by atoms with E-state index in [1.54, 1.807) is 31.5 Å². The maximum atomic E-state index is 11.7. The lowest BCUT2D eigenvalue weighted by Gasteiger charge is -2.28. The van der Waals surface area contributed by atoms with Crippen LogP contribution in [0.25, 0.3) is 0 Å². The van der Waals surface area contributed by atoms with Crippen LogP contribution in [0.2, 0.25) is 0 Å². The fourth-order valence-corrected chi connectivity index (χ4v) is 2.53. The van der Waals surface area contributed by atoms with Gasteiger partial charge >= 0.3 is 0 Å². The van der Waals surface area contributed by atoms with Gasteiger partial charge in [0.15, 0.2) is 11.5 Å². The third kappa shape index (κ3) is 2.31. The number of ether oxygens (including phenoxy) is 2. The average molecular weight is 289 g/mol. The molecule has 0 spiro atoms. The molecular weight excluding hydrogens is 274 g/mol. The molecule has 110 valence electrons. The number of hydrogen-bond donors (Lipinski definition) is 1. The molecule has 1 fully saturated rings. The summed E-state index contributed by atoms with van der Waals surface area (Å²) < 4.78 is 10.5. The zero-order valence-electron chi connectivity index (χ0n) is 11.8. The quantitative estimate of drug-likeness (QED) is 0.824. The van der Waals surface area contributed by atoms with E-state index in [1.807, 2.05) is 6.07 Å². The molecule has 0 bridgehead atoms. The van der Waals surface area contributed by atoms with Crippen molar-refractivity contribution in [3.63, 3.8) is 0 Å². The van der Waals surface area contributed by atoms with Gasteiger partial charge in [-0.05, 0) is 6.07 Å². The van der Waals surface area contributed by atoms with Gasteiger partial charge in [0.05, 0.1) is 32.7 Å². The highest BCUT2D eigenvalue weighted by atomic mass is 16.5. The molecule has 0 saturated carbocycles. The van der Waals surface area contributed by atoms with Crippen LogP contribution in [-0.2, 0) is 16.1 Å². The molecule has 3 rings (SSSR count). The summed E-state index contributed by atoms with van der Waals surface area (Å²) in [6.45, 7) is 0.491. The summed E-state index contributed by atoms with van der Waals surface area (Å²) in [5, 5.41) is 2.30. The summed E-state index contributed by atoms with van der Waals surface area (Å²) in [6.07, 6.45) is 1.75. The Balaban J connectivity index is 1.89. The van der Waals surface area contributed by atoms with E-state index >= 15 is 0 Å². The van der Waals surface area contributed by atoms with E-state index in [1.165, 1.54) is 0 Å². The van der Waals surface area contributed by atoms with Crippen molar-refractivity contribution in [3.8, 4) is 11.5 Å². The van der Waals surface area contributed by atoms with Gasteiger partial charge < -0.3 is 14.4 Å². The van der Waals surface area contributed by atoms with Crippen molar-refractivity contribution in [2.75, 3.05) is 14.2 Å². The van der Waals surface area contributed by atoms with Gasteiger partial charge in [-0.2, -0.15) is 0 Å². The van der Waals surface area contributed by atoms with Crippen molar-refractivity contribution >= 4 is 23.8 Å². The number of imide groups is 1. The first kappa shape index (κ1) is 13.4. The standard InChI is InChI=1S/C14H15N3O4/c1-20-11-3-8-6-17(10-5-13(18)16-14(10)19)7-15-9(8)4-12(11)21-2/h3-4,7,10H,5-6H2,1-2H3,(H,16,18,19). The molecule has 7 heteroatoms. The van der Waals surface area contributed by atoms with Crippen molar-refractivity contribution in [3.05, 3.63) is 17.7 Å². The molecule has 0 aromatic heterocycles. The topological polar surface area (TPSA) is 80.2 Å². The van der Waals surface area contributed by atoms with Crippen molar-refractivity contribution in [1.82, 2.24) is 10.2 Å². The number of rotatable bonds is 3. The van der Waals surface area contributed by atoms with E-state index in [4.69, 9.17) is 9.47 Å². The monoisotopic (exact) mass is 289 g/mol.